The van der Waals surface area contributed by atoms with Crippen molar-refractivity contribution in [1.82, 2.24) is 49.4 Å². The summed E-state index contributed by atoms with van der Waals surface area (Å²) in [6.45, 7) is 68.7. The van der Waals surface area contributed by atoms with Gasteiger partial charge in [0.25, 0.3) is 0 Å². The van der Waals surface area contributed by atoms with Gasteiger partial charge in [0, 0.05) is 89.7 Å². The van der Waals surface area contributed by atoms with E-state index in [1.54, 1.807) is 25.0 Å². The zero-order valence-corrected chi connectivity index (χ0v) is 57.6. The average Bonchev–Trinajstić information content (AvgIpc) is 4.15. The normalized spacial score (nSPS) is 15.0. The summed E-state index contributed by atoms with van der Waals surface area (Å²) in [7, 11) is 0. The first-order valence-electron chi connectivity index (χ1n) is 30.0. The van der Waals surface area contributed by atoms with Gasteiger partial charge in [-0.25, -0.2) is 19.6 Å². The lowest BCUT2D eigenvalue weighted by Gasteiger charge is -2.38. The van der Waals surface area contributed by atoms with Crippen LogP contribution in [0.1, 0.15) is 278 Å². The van der Waals surface area contributed by atoms with Gasteiger partial charge in [-0.2, -0.15) is 15.3 Å². The number of aromatic nitrogens is 7. The molecular formula is C66H133N13O2. The van der Waals surface area contributed by atoms with Gasteiger partial charge in [0.05, 0.1) is 17.6 Å². The molecule has 0 spiro atoms. The third-order valence-electron chi connectivity index (χ3n) is 12.3. The Labute approximate surface area is 500 Å². The van der Waals surface area contributed by atoms with Crippen molar-refractivity contribution in [3.05, 3.63) is 49.6 Å². The van der Waals surface area contributed by atoms with Gasteiger partial charge in [-0.05, 0) is 180 Å². The van der Waals surface area contributed by atoms with E-state index in [1.807, 2.05) is 36.5 Å². The Balaban J connectivity index is -0.000000412. The van der Waals surface area contributed by atoms with Crippen LogP contribution in [0.15, 0.2) is 54.0 Å². The molecule has 3 aliphatic heterocycles. The quantitative estimate of drug-likeness (QED) is 0.224. The fraction of sp³-hybridized carbons (Fsp3) is 0.818. The molecule has 0 saturated carbocycles. The number of Topliss-reactive ketones (excluding diaryl/α,β-unsaturated/α-hetero) is 1. The Kier molecular flexibility index (Phi) is 39.8. The van der Waals surface area contributed by atoms with Gasteiger partial charge in [0.15, 0.2) is 0 Å². The molecule has 3 aromatic rings. The van der Waals surface area contributed by atoms with E-state index in [-0.39, 0.29) is 46.1 Å². The number of ketones is 1. The largest absolute Gasteiger partial charge is 0.370 e. The first-order chi connectivity index (χ1) is 36.1. The van der Waals surface area contributed by atoms with Crippen molar-refractivity contribution in [3.63, 3.8) is 0 Å². The van der Waals surface area contributed by atoms with Crippen LogP contribution in [0.4, 0.5) is 0 Å². The van der Waals surface area contributed by atoms with Crippen LogP contribution < -0.4 is 11.1 Å². The summed E-state index contributed by atoms with van der Waals surface area (Å²) in [4.78, 5) is 41.2. The highest BCUT2D eigenvalue weighted by Gasteiger charge is 2.24. The molecule has 2 fully saturated rings. The van der Waals surface area contributed by atoms with Gasteiger partial charge in [0.1, 0.15) is 24.3 Å². The maximum Gasteiger partial charge on any atom is 0.217 e. The Morgan fingerprint density at radius 1 is 0.617 bits per heavy atom. The van der Waals surface area contributed by atoms with Crippen LogP contribution in [0.2, 0.25) is 0 Å². The van der Waals surface area contributed by atoms with Crippen LogP contribution in [0.25, 0.3) is 0 Å². The number of primary amides is 1. The molecular weight excluding hydrogens is 1010 g/mol. The number of amides is 1. The zero-order chi connectivity index (χ0) is 63.0. The Morgan fingerprint density at radius 2 is 1.11 bits per heavy atom. The summed E-state index contributed by atoms with van der Waals surface area (Å²) in [6, 6.07) is 0. The van der Waals surface area contributed by atoms with Crippen LogP contribution in [-0.4, -0.2) is 117 Å². The molecule has 0 aromatic carbocycles. The van der Waals surface area contributed by atoms with Gasteiger partial charge in [-0.1, -0.05) is 111 Å². The number of carbonyl (C=O) groups is 2. The van der Waals surface area contributed by atoms with Crippen LogP contribution in [-0.2, 0) is 26.1 Å². The molecule has 0 unspecified atom stereocenters. The van der Waals surface area contributed by atoms with E-state index in [0.29, 0.717) is 41.7 Å². The fourth-order valence-corrected chi connectivity index (χ4v) is 7.32. The second-order valence-corrected chi connectivity index (χ2v) is 30.7. The van der Waals surface area contributed by atoms with Crippen molar-refractivity contribution in [2.75, 3.05) is 32.7 Å². The standard InChI is InChI=1S/C9H19N.C8H17N.C8H16O.3C7H12N2.C7H15NO.C6H11N3.C6H15N.CH4/c1-9(2,3)10-7-5-4-6-8-10;1-8(2,3)9-6-4-5-7-9;1-5-7(9)6-8(2,3)4;1-7(2,3)9-5-4-8-6-9;1-7(2,3)6-8-4-5-9-6;1-7(2,3)6-4-5-8-9-6;1-7(2,3)5-4-6(8)9;1-6(2,3)9-5-7-4-8-9;1-5-7-6(2,3)4;/h4-8H2,1-3H3;4-7H2,1-3H3;5-6H2,1-4H3;4-6H,1-3H3;4-5H,1-3H3,(H,8,9);5H,4H2,1-3H3;4-5H2,1-3H3,(H2,8,9);4-5H,1-3H3;7H,5H2,1-4H3;1H4. The number of nitrogens with zero attached hydrogens (tertiary/aromatic N) is 10. The maximum atomic E-state index is 10.8. The van der Waals surface area contributed by atoms with Crippen LogP contribution in [0.3, 0.4) is 0 Å². The van der Waals surface area contributed by atoms with Gasteiger partial charge >= 0.3 is 0 Å². The van der Waals surface area contributed by atoms with Crippen LogP contribution >= 0.6 is 0 Å². The molecule has 0 bridgehead atoms. The van der Waals surface area contributed by atoms with Crippen molar-refractivity contribution in [3.8, 4) is 0 Å². The second kappa shape index (κ2) is 38.7. The zero-order valence-electron chi connectivity index (χ0n) is 57.6. The summed E-state index contributed by atoms with van der Waals surface area (Å²) in [5.74, 6) is 1.20. The Hall–Kier alpha value is -4.08. The topological polar surface area (TPSA) is 181 Å². The molecule has 6 heterocycles. The molecule has 3 aromatic heterocycles. The number of rotatable bonds is 5. The minimum atomic E-state index is -0.204. The number of hydrogen-bond acceptors (Lipinski definition) is 11. The highest BCUT2D eigenvalue weighted by Crippen LogP contribution is 2.23. The average molecular weight is 1140 g/mol. The molecule has 1 amide bonds. The van der Waals surface area contributed by atoms with E-state index in [1.165, 1.54) is 64.0 Å². The van der Waals surface area contributed by atoms with Crippen LogP contribution in [0, 0.1) is 16.2 Å². The highest BCUT2D eigenvalue weighted by atomic mass is 16.1. The Morgan fingerprint density at radius 3 is 1.28 bits per heavy atom. The van der Waals surface area contributed by atoms with E-state index in [9.17, 15) is 9.59 Å². The molecule has 0 radical (unpaired) electrons. The second-order valence-electron chi connectivity index (χ2n) is 30.7. The van der Waals surface area contributed by atoms with Gasteiger partial charge in [-0.15, -0.1) is 0 Å². The van der Waals surface area contributed by atoms with Crippen molar-refractivity contribution < 1.29 is 9.59 Å². The van der Waals surface area contributed by atoms with Gasteiger partial charge in [-0.3, -0.25) is 19.4 Å². The number of hydrogen-bond donors (Lipinski definition) is 3. The van der Waals surface area contributed by atoms with E-state index in [0.717, 1.165) is 25.2 Å². The number of H-pyrrole nitrogens is 1. The molecule has 4 N–H and O–H groups in total. The molecule has 474 valence electrons. The monoisotopic (exact) mass is 1140 g/mol. The van der Waals surface area contributed by atoms with E-state index < -0.39 is 0 Å². The summed E-state index contributed by atoms with van der Waals surface area (Å²) >= 11 is 0. The van der Waals surface area contributed by atoms with Crippen molar-refractivity contribution in [2.45, 2.75) is 306 Å². The molecule has 0 atom stereocenters. The summed E-state index contributed by atoms with van der Waals surface area (Å²) < 4.78 is 3.90. The van der Waals surface area contributed by atoms with E-state index in [4.69, 9.17) is 5.73 Å². The first kappa shape index (κ1) is 83.4. The third kappa shape index (κ3) is 49.1. The number of likely N-dealkylation sites (tertiary alicyclic amines) is 2. The smallest absolute Gasteiger partial charge is 0.217 e. The molecule has 0 aliphatic carbocycles. The predicted molar refractivity (Wildman–Crippen MR) is 353 cm³/mol. The lowest BCUT2D eigenvalue weighted by Crippen LogP contribution is -2.44. The third-order valence-corrected chi connectivity index (χ3v) is 12.3. The molecule has 15 heteroatoms. The number of aromatic amines is 1. The number of nitrogens with two attached hydrogens (primary N) is 1. The maximum absolute atomic E-state index is 10.8. The molecule has 6 rings (SSSR count). The van der Waals surface area contributed by atoms with Crippen LogP contribution in [0.5, 0.6) is 0 Å². The highest BCUT2D eigenvalue weighted by molar-refractivity contribution is 6.01. The Bertz CT molecular complexity index is 1920. The molecule has 3 aliphatic rings. The summed E-state index contributed by atoms with van der Waals surface area (Å²) in [6.07, 6.45) is 25.1. The lowest BCUT2D eigenvalue weighted by atomic mass is 9.89. The number of nitrogens with one attached hydrogen (secondary N) is 2. The van der Waals surface area contributed by atoms with E-state index >= 15 is 0 Å². The first-order valence-corrected chi connectivity index (χ1v) is 30.0. The predicted octanol–water partition coefficient (Wildman–Crippen LogP) is 16.1. The SMILES string of the molecule is C.CC(C)(C)C1=NN=CC1.CC(C)(C)CCC(N)=O.CC(C)(C)N1CCCC1.CC(C)(C)N1CCCCC1.CC(C)(C)c1ncc[nH]1.CC(C)(C)n1ccnc1.CC(C)(C)n1cncn1.CCC(=O)CC(C)(C)C.CCNC(C)(C)C. The van der Waals surface area contributed by atoms with Gasteiger partial charge < -0.3 is 20.6 Å². The van der Waals surface area contributed by atoms with E-state index in [2.05, 4.69) is 249 Å². The number of imidazole rings is 2. The summed E-state index contributed by atoms with van der Waals surface area (Å²) in [5.41, 5.74) is 8.27. The minimum absolute atomic E-state index is 0. The van der Waals surface area contributed by atoms with Crippen molar-refractivity contribution >= 4 is 23.6 Å². The van der Waals surface area contributed by atoms with Crippen molar-refractivity contribution in [1.29, 1.82) is 0 Å². The molecule has 81 heavy (non-hydrogen) atoms. The minimum Gasteiger partial charge on any atom is -0.370 e. The molecule has 15 nitrogen and oxygen atoms in total. The number of carbonyl (C=O) groups excluding carboxylic acids is 2. The lowest BCUT2D eigenvalue weighted by molar-refractivity contribution is -0.120. The number of piperidine rings is 1. The molecule has 2 saturated heterocycles. The summed E-state index contributed by atoms with van der Waals surface area (Å²) in [5, 5.41) is 15.1. The van der Waals surface area contributed by atoms with Crippen molar-refractivity contribution in [2.24, 2.45) is 32.2 Å². The van der Waals surface area contributed by atoms with Gasteiger partial charge in [0.2, 0.25) is 5.91 Å². The fourth-order valence-electron chi connectivity index (χ4n) is 7.32.